The van der Waals surface area contributed by atoms with E-state index in [2.05, 4.69) is 39.1 Å². The lowest BCUT2D eigenvalue weighted by Crippen LogP contribution is -2.45. The van der Waals surface area contributed by atoms with Gasteiger partial charge in [-0.05, 0) is 12.3 Å². The molecule has 0 aromatic carbocycles. The van der Waals surface area contributed by atoms with Crippen molar-refractivity contribution in [1.82, 2.24) is 25.3 Å². The Morgan fingerprint density at radius 1 is 1.41 bits per heavy atom. The van der Waals surface area contributed by atoms with Gasteiger partial charge in [-0.25, -0.2) is 15.0 Å². The van der Waals surface area contributed by atoms with Crippen molar-refractivity contribution in [2.45, 2.75) is 26.3 Å². The SMILES string of the molecule is CC(C)CC(CN)NC(=O)CN(C)c1ncnc2nc[nH]c12. The summed E-state index contributed by atoms with van der Waals surface area (Å²) in [6.45, 7) is 4.85. The summed E-state index contributed by atoms with van der Waals surface area (Å²) >= 11 is 0. The second kappa shape index (κ2) is 7.17. The van der Waals surface area contributed by atoms with Crippen molar-refractivity contribution >= 4 is 22.9 Å². The first-order valence-electron chi connectivity index (χ1n) is 7.36. The number of nitrogens with one attached hydrogen (secondary N) is 2. The van der Waals surface area contributed by atoms with Crippen molar-refractivity contribution in [3.05, 3.63) is 12.7 Å². The number of rotatable bonds is 7. The van der Waals surface area contributed by atoms with E-state index < -0.39 is 0 Å². The number of aromatic amines is 1. The first-order valence-corrected chi connectivity index (χ1v) is 7.36. The Bertz CT molecular complexity index is 624. The van der Waals surface area contributed by atoms with E-state index in [9.17, 15) is 4.79 Å². The van der Waals surface area contributed by atoms with Crippen LogP contribution in [0.3, 0.4) is 0 Å². The molecule has 1 atom stereocenters. The maximum atomic E-state index is 12.2. The molecule has 0 saturated heterocycles. The first kappa shape index (κ1) is 16.2. The lowest BCUT2D eigenvalue weighted by atomic mass is 10.0. The molecule has 0 saturated carbocycles. The van der Waals surface area contributed by atoms with Gasteiger partial charge in [0, 0.05) is 19.6 Å². The third-order valence-electron chi connectivity index (χ3n) is 3.35. The van der Waals surface area contributed by atoms with Gasteiger partial charge in [-0.3, -0.25) is 4.79 Å². The number of nitrogens with zero attached hydrogens (tertiary/aromatic N) is 4. The summed E-state index contributed by atoms with van der Waals surface area (Å²) in [6.07, 6.45) is 3.86. The Hall–Kier alpha value is -2.22. The van der Waals surface area contributed by atoms with Crippen LogP contribution in [-0.4, -0.2) is 52.0 Å². The Labute approximate surface area is 129 Å². The number of H-pyrrole nitrogens is 1. The fraction of sp³-hybridized carbons (Fsp3) is 0.571. The number of nitrogens with two attached hydrogens (primary N) is 1. The summed E-state index contributed by atoms with van der Waals surface area (Å²) in [7, 11) is 1.81. The monoisotopic (exact) mass is 305 g/mol. The Kier molecular flexibility index (Phi) is 5.26. The van der Waals surface area contributed by atoms with Crippen molar-refractivity contribution in [3.8, 4) is 0 Å². The van der Waals surface area contributed by atoms with Crippen LogP contribution in [0.2, 0.25) is 0 Å². The molecule has 1 unspecified atom stereocenters. The zero-order valence-electron chi connectivity index (χ0n) is 13.2. The van der Waals surface area contributed by atoms with Crippen LogP contribution in [0.25, 0.3) is 11.2 Å². The highest BCUT2D eigenvalue weighted by atomic mass is 16.2. The molecule has 2 aromatic heterocycles. The van der Waals surface area contributed by atoms with Crippen LogP contribution in [0.4, 0.5) is 5.82 Å². The third kappa shape index (κ3) is 3.91. The summed E-state index contributed by atoms with van der Waals surface area (Å²) in [5, 5.41) is 2.97. The number of imidazole rings is 1. The predicted molar refractivity (Wildman–Crippen MR) is 85.4 cm³/mol. The summed E-state index contributed by atoms with van der Waals surface area (Å²) in [5.41, 5.74) is 7.01. The van der Waals surface area contributed by atoms with Gasteiger partial charge < -0.3 is 20.9 Å². The number of likely N-dealkylation sites (N-methyl/N-ethyl adjacent to an activating group) is 1. The van der Waals surface area contributed by atoms with Crippen molar-refractivity contribution in [2.24, 2.45) is 11.7 Å². The fourth-order valence-electron chi connectivity index (χ4n) is 2.39. The van der Waals surface area contributed by atoms with E-state index in [0.29, 0.717) is 23.9 Å². The number of fused-ring (bicyclic) bond motifs is 1. The number of aromatic nitrogens is 4. The van der Waals surface area contributed by atoms with E-state index in [4.69, 9.17) is 5.73 Å². The van der Waals surface area contributed by atoms with Gasteiger partial charge >= 0.3 is 0 Å². The highest BCUT2D eigenvalue weighted by Gasteiger charge is 2.16. The minimum absolute atomic E-state index is 0.00141. The topological polar surface area (TPSA) is 113 Å². The normalized spacial score (nSPS) is 12.6. The van der Waals surface area contributed by atoms with Crippen LogP contribution in [0.1, 0.15) is 20.3 Å². The maximum absolute atomic E-state index is 12.2. The molecule has 8 nitrogen and oxygen atoms in total. The van der Waals surface area contributed by atoms with E-state index >= 15 is 0 Å². The van der Waals surface area contributed by atoms with Gasteiger partial charge in [-0.2, -0.15) is 0 Å². The van der Waals surface area contributed by atoms with Crippen molar-refractivity contribution < 1.29 is 4.79 Å². The molecule has 120 valence electrons. The van der Waals surface area contributed by atoms with E-state index in [0.717, 1.165) is 11.9 Å². The number of hydrogen-bond acceptors (Lipinski definition) is 6. The average Bonchev–Trinajstić information content (AvgIpc) is 2.93. The van der Waals surface area contributed by atoms with Gasteiger partial charge in [0.2, 0.25) is 5.91 Å². The van der Waals surface area contributed by atoms with Crippen LogP contribution in [0.5, 0.6) is 0 Å². The molecule has 0 aliphatic heterocycles. The summed E-state index contributed by atoms with van der Waals surface area (Å²) in [4.78, 5) is 29.3. The van der Waals surface area contributed by atoms with Gasteiger partial charge in [-0.1, -0.05) is 13.8 Å². The molecular weight excluding hydrogens is 282 g/mol. The number of hydrogen-bond donors (Lipinski definition) is 3. The molecule has 22 heavy (non-hydrogen) atoms. The largest absolute Gasteiger partial charge is 0.351 e. The quantitative estimate of drug-likeness (QED) is 0.677. The number of carbonyl (C=O) groups is 1. The van der Waals surface area contributed by atoms with Crippen molar-refractivity contribution in [2.75, 3.05) is 25.0 Å². The Morgan fingerprint density at radius 3 is 2.86 bits per heavy atom. The molecule has 0 fully saturated rings. The molecule has 4 N–H and O–H groups in total. The van der Waals surface area contributed by atoms with Crippen LogP contribution < -0.4 is 16.0 Å². The molecule has 2 rings (SSSR count). The van der Waals surface area contributed by atoms with Gasteiger partial charge in [0.25, 0.3) is 0 Å². The number of anilines is 1. The standard InChI is InChI=1S/C14H23N7O/c1-9(2)4-10(5-15)20-11(22)6-21(3)14-12-13(17-7-16-12)18-8-19-14/h7-10H,4-6,15H2,1-3H3,(H,20,22)(H,16,17,18,19). The van der Waals surface area contributed by atoms with Crippen LogP contribution >= 0.6 is 0 Å². The van der Waals surface area contributed by atoms with Gasteiger partial charge in [0.15, 0.2) is 11.5 Å². The van der Waals surface area contributed by atoms with Gasteiger partial charge in [0.1, 0.15) is 11.8 Å². The Morgan fingerprint density at radius 2 is 2.18 bits per heavy atom. The smallest absolute Gasteiger partial charge is 0.239 e. The number of amides is 1. The molecule has 2 heterocycles. The average molecular weight is 305 g/mol. The molecule has 0 aliphatic carbocycles. The van der Waals surface area contributed by atoms with E-state index in [1.54, 1.807) is 11.2 Å². The number of carbonyl (C=O) groups excluding carboxylic acids is 1. The maximum Gasteiger partial charge on any atom is 0.239 e. The minimum Gasteiger partial charge on any atom is -0.351 e. The fourth-order valence-corrected chi connectivity index (χ4v) is 2.39. The molecule has 1 amide bonds. The molecule has 0 radical (unpaired) electrons. The predicted octanol–water partition coefficient (Wildman–Crippen LogP) is 0.279. The molecule has 0 aliphatic rings. The lowest BCUT2D eigenvalue weighted by Gasteiger charge is -2.22. The first-order chi connectivity index (χ1) is 10.5. The van der Waals surface area contributed by atoms with E-state index in [1.165, 1.54) is 6.33 Å². The Balaban J connectivity index is 2.00. The summed E-state index contributed by atoms with van der Waals surface area (Å²) < 4.78 is 0. The zero-order valence-corrected chi connectivity index (χ0v) is 13.2. The van der Waals surface area contributed by atoms with Gasteiger partial charge in [-0.15, -0.1) is 0 Å². The summed E-state index contributed by atoms with van der Waals surface area (Å²) in [5.74, 6) is 1.05. The van der Waals surface area contributed by atoms with E-state index in [-0.39, 0.29) is 18.5 Å². The molecule has 8 heteroatoms. The minimum atomic E-state index is -0.0788. The van der Waals surface area contributed by atoms with Crippen LogP contribution in [-0.2, 0) is 4.79 Å². The highest BCUT2D eigenvalue weighted by molar-refractivity contribution is 5.87. The second-order valence-electron chi connectivity index (χ2n) is 5.78. The highest BCUT2D eigenvalue weighted by Crippen LogP contribution is 2.17. The molecule has 0 spiro atoms. The van der Waals surface area contributed by atoms with Crippen molar-refractivity contribution in [1.29, 1.82) is 0 Å². The lowest BCUT2D eigenvalue weighted by molar-refractivity contribution is -0.120. The summed E-state index contributed by atoms with van der Waals surface area (Å²) in [6, 6.07) is -0.00141. The molecule has 0 bridgehead atoms. The van der Waals surface area contributed by atoms with E-state index in [1.807, 2.05) is 7.05 Å². The van der Waals surface area contributed by atoms with Crippen LogP contribution in [0.15, 0.2) is 12.7 Å². The van der Waals surface area contributed by atoms with Crippen molar-refractivity contribution in [3.63, 3.8) is 0 Å². The second-order valence-corrected chi connectivity index (χ2v) is 5.78. The molecule has 2 aromatic rings. The molecular formula is C14H23N7O. The van der Waals surface area contributed by atoms with Crippen LogP contribution in [0, 0.1) is 5.92 Å². The zero-order chi connectivity index (χ0) is 16.1. The van der Waals surface area contributed by atoms with Gasteiger partial charge in [0.05, 0.1) is 12.9 Å². The third-order valence-corrected chi connectivity index (χ3v) is 3.35.